The molecule has 1 heterocycles. The minimum Gasteiger partial charge on any atom is -0.465 e. The van der Waals surface area contributed by atoms with Crippen LogP contribution in [0.3, 0.4) is 0 Å². The molecule has 80 valence electrons. The summed E-state index contributed by atoms with van der Waals surface area (Å²) in [4.78, 5) is 11.0. The fraction of sp³-hybridized carbons (Fsp3) is 0.917. The molecule has 1 unspecified atom stereocenters. The Balaban J connectivity index is 1.96. The van der Waals surface area contributed by atoms with E-state index in [1.807, 2.05) is 0 Å². The van der Waals surface area contributed by atoms with Crippen LogP contribution in [0.25, 0.3) is 0 Å². The Morgan fingerprint density at radius 3 is 2.57 bits per heavy atom. The van der Waals surface area contributed by atoms with E-state index in [0.717, 1.165) is 12.3 Å². The summed E-state index contributed by atoms with van der Waals surface area (Å²) in [5, 5.41) is 0. The smallest absolute Gasteiger partial charge is 0.305 e. The van der Waals surface area contributed by atoms with Gasteiger partial charge in [-0.1, -0.05) is 26.2 Å². The van der Waals surface area contributed by atoms with Crippen LogP contribution in [-0.2, 0) is 9.53 Å². The van der Waals surface area contributed by atoms with Crippen LogP contribution in [0.1, 0.15) is 51.9 Å². The van der Waals surface area contributed by atoms with Crippen LogP contribution in [0, 0.1) is 11.3 Å². The summed E-state index contributed by atoms with van der Waals surface area (Å²) in [5.74, 6) is 0.794. The summed E-state index contributed by atoms with van der Waals surface area (Å²) >= 11 is 0. The standard InChI is InChI=1S/C12H20O2/c1-12(8-7-11(13)14-9-12)10-5-3-2-4-6-10/h10H,2-9H2,1H3. The first kappa shape index (κ1) is 10.0. The van der Waals surface area contributed by atoms with Gasteiger partial charge in [-0.2, -0.15) is 0 Å². The molecule has 0 radical (unpaired) electrons. The van der Waals surface area contributed by atoms with Gasteiger partial charge in [-0.25, -0.2) is 0 Å². The van der Waals surface area contributed by atoms with E-state index in [1.165, 1.54) is 32.1 Å². The molecule has 2 nitrogen and oxygen atoms in total. The lowest BCUT2D eigenvalue weighted by Gasteiger charge is -2.41. The Kier molecular flexibility index (Phi) is 2.80. The van der Waals surface area contributed by atoms with Crippen molar-refractivity contribution in [3.63, 3.8) is 0 Å². The van der Waals surface area contributed by atoms with Crippen LogP contribution >= 0.6 is 0 Å². The molecule has 0 bridgehead atoms. The van der Waals surface area contributed by atoms with Gasteiger partial charge in [0.15, 0.2) is 0 Å². The van der Waals surface area contributed by atoms with E-state index in [4.69, 9.17) is 4.74 Å². The van der Waals surface area contributed by atoms with Gasteiger partial charge in [-0.15, -0.1) is 0 Å². The number of ether oxygens (including phenoxy) is 1. The van der Waals surface area contributed by atoms with Crippen LogP contribution < -0.4 is 0 Å². The van der Waals surface area contributed by atoms with Gasteiger partial charge >= 0.3 is 5.97 Å². The van der Waals surface area contributed by atoms with Crippen molar-refractivity contribution in [1.82, 2.24) is 0 Å². The fourth-order valence-electron chi connectivity index (χ4n) is 2.90. The second-order valence-electron chi connectivity index (χ2n) is 5.15. The maximum Gasteiger partial charge on any atom is 0.305 e. The van der Waals surface area contributed by atoms with Crippen LogP contribution in [0.5, 0.6) is 0 Å². The predicted octanol–water partition coefficient (Wildman–Crippen LogP) is 2.91. The third-order valence-corrected chi connectivity index (χ3v) is 4.05. The maximum atomic E-state index is 11.0. The highest BCUT2D eigenvalue weighted by Gasteiger charge is 2.38. The molecular weight excluding hydrogens is 176 g/mol. The van der Waals surface area contributed by atoms with Gasteiger partial charge in [0.1, 0.15) is 0 Å². The molecule has 2 fully saturated rings. The first-order valence-electron chi connectivity index (χ1n) is 5.86. The SMILES string of the molecule is CC1(C2CCCCC2)CCC(=O)OC1. The van der Waals surface area contributed by atoms with E-state index >= 15 is 0 Å². The molecular formula is C12H20O2. The van der Waals surface area contributed by atoms with Gasteiger partial charge in [0, 0.05) is 11.8 Å². The van der Waals surface area contributed by atoms with Crippen LogP contribution in [0.2, 0.25) is 0 Å². The maximum absolute atomic E-state index is 11.0. The molecule has 1 saturated heterocycles. The van der Waals surface area contributed by atoms with Crippen molar-refractivity contribution in [2.45, 2.75) is 51.9 Å². The molecule has 0 spiro atoms. The van der Waals surface area contributed by atoms with Gasteiger partial charge in [0.05, 0.1) is 6.61 Å². The topological polar surface area (TPSA) is 26.3 Å². The van der Waals surface area contributed by atoms with Gasteiger partial charge in [-0.3, -0.25) is 4.79 Å². The number of hydrogen-bond donors (Lipinski definition) is 0. The Morgan fingerprint density at radius 2 is 2.00 bits per heavy atom. The van der Waals surface area contributed by atoms with E-state index in [9.17, 15) is 4.79 Å². The average molecular weight is 196 g/mol. The lowest BCUT2D eigenvalue weighted by Crippen LogP contribution is -2.38. The average Bonchev–Trinajstić information content (AvgIpc) is 2.24. The second kappa shape index (κ2) is 3.92. The normalized spacial score (nSPS) is 35.4. The van der Waals surface area contributed by atoms with Gasteiger partial charge in [0.2, 0.25) is 0 Å². The second-order valence-corrected chi connectivity index (χ2v) is 5.15. The molecule has 0 aromatic carbocycles. The molecule has 14 heavy (non-hydrogen) atoms. The molecule has 1 atom stereocenters. The number of carbonyl (C=O) groups is 1. The number of hydrogen-bond acceptors (Lipinski definition) is 2. The van der Waals surface area contributed by atoms with Crippen molar-refractivity contribution in [3.05, 3.63) is 0 Å². The highest BCUT2D eigenvalue weighted by molar-refractivity contribution is 5.70. The minimum absolute atomic E-state index is 0.00159. The first-order chi connectivity index (χ1) is 6.71. The zero-order valence-electron chi connectivity index (χ0n) is 9.05. The van der Waals surface area contributed by atoms with Crippen molar-refractivity contribution < 1.29 is 9.53 Å². The summed E-state index contributed by atoms with van der Waals surface area (Å²) in [6, 6.07) is 0. The summed E-state index contributed by atoms with van der Waals surface area (Å²) in [7, 11) is 0. The van der Waals surface area contributed by atoms with Crippen LogP contribution in [0.4, 0.5) is 0 Å². The molecule has 1 aliphatic heterocycles. The lowest BCUT2D eigenvalue weighted by atomic mass is 9.67. The van der Waals surface area contributed by atoms with Gasteiger partial charge < -0.3 is 4.74 Å². The first-order valence-corrected chi connectivity index (χ1v) is 5.86. The number of cyclic esters (lactones) is 1. The highest BCUT2D eigenvalue weighted by atomic mass is 16.5. The van der Waals surface area contributed by atoms with Gasteiger partial charge in [-0.05, 0) is 25.2 Å². The number of rotatable bonds is 1. The minimum atomic E-state index is -0.00159. The fourth-order valence-corrected chi connectivity index (χ4v) is 2.90. The van der Waals surface area contributed by atoms with E-state index in [-0.39, 0.29) is 11.4 Å². The van der Waals surface area contributed by atoms with Crippen molar-refractivity contribution >= 4 is 5.97 Å². The molecule has 0 amide bonds. The lowest BCUT2D eigenvalue weighted by molar-refractivity contribution is -0.156. The zero-order valence-corrected chi connectivity index (χ0v) is 9.05. The third-order valence-electron chi connectivity index (χ3n) is 4.05. The Bertz CT molecular complexity index is 206. The van der Waals surface area contributed by atoms with E-state index in [2.05, 4.69) is 6.92 Å². The molecule has 2 rings (SSSR count). The molecule has 0 aromatic rings. The van der Waals surface area contributed by atoms with Crippen molar-refractivity contribution in [1.29, 1.82) is 0 Å². The third kappa shape index (κ3) is 1.94. The number of esters is 1. The van der Waals surface area contributed by atoms with Crippen molar-refractivity contribution in [2.24, 2.45) is 11.3 Å². The summed E-state index contributed by atoms with van der Waals surface area (Å²) in [5.41, 5.74) is 0.286. The van der Waals surface area contributed by atoms with Crippen LogP contribution in [0.15, 0.2) is 0 Å². The van der Waals surface area contributed by atoms with E-state index < -0.39 is 0 Å². The quantitative estimate of drug-likeness (QED) is 0.603. The monoisotopic (exact) mass is 196 g/mol. The van der Waals surface area contributed by atoms with Gasteiger partial charge in [0.25, 0.3) is 0 Å². The molecule has 1 aliphatic carbocycles. The highest BCUT2D eigenvalue weighted by Crippen LogP contribution is 2.43. The van der Waals surface area contributed by atoms with E-state index in [1.54, 1.807) is 0 Å². The molecule has 2 heteroatoms. The Labute approximate surface area is 86.0 Å². The van der Waals surface area contributed by atoms with Crippen molar-refractivity contribution in [2.75, 3.05) is 6.61 Å². The summed E-state index contributed by atoms with van der Waals surface area (Å²) in [6.07, 6.45) is 8.49. The molecule has 1 saturated carbocycles. The summed E-state index contributed by atoms with van der Waals surface area (Å²) < 4.78 is 5.21. The van der Waals surface area contributed by atoms with E-state index in [0.29, 0.717) is 13.0 Å². The molecule has 2 aliphatic rings. The number of carbonyl (C=O) groups excluding carboxylic acids is 1. The summed E-state index contributed by atoms with van der Waals surface area (Å²) in [6.45, 7) is 2.96. The largest absolute Gasteiger partial charge is 0.465 e. The zero-order chi connectivity index (χ0) is 10.0. The Hall–Kier alpha value is -0.530. The van der Waals surface area contributed by atoms with Crippen molar-refractivity contribution in [3.8, 4) is 0 Å². The Morgan fingerprint density at radius 1 is 1.29 bits per heavy atom. The molecule has 0 aromatic heterocycles. The predicted molar refractivity (Wildman–Crippen MR) is 54.9 cm³/mol. The molecule has 0 N–H and O–H groups in total. The van der Waals surface area contributed by atoms with Crippen LogP contribution in [-0.4, -0.2) is 12.6 Å².